The highest BCUT2D eigenvalue weighted by atomic mass is 16.5. The molecule has 5 heteroatoms. The number of benzene rings is 5. The van der Waals surface area contributed by atoms with Crippen LogP contribution in [0.15, 0.2) is 146 Å². The van der Waals surface area contributed by atoms with Gasteiger partial charge in [0, 0.05) is 51.0 Å². The Kier molecular flexibility index (Phi) is 8.56. The van der Waals surface area contributed by atoms with Crippen molar-refractivity contribution < 1.29 is 4.74 Å². The molecule has 54 heavy (non-hydrogen) atoms. The number of nitrogens with zero attached hydrogens (tertiary/aromatic N) is 4. The van der Waals surface area contributed by atoms with Gasteiger partial charge in [-0.25, -0.2) is 9.67 Å². The minimum absolute atomic E-state index is 0.0687. The molecule has 5 nitrogen and oxygen atoms in total. The molecule has 0 radical (unpaired) electrons. The lowest BCUT2D eigenvalue weighted by Crippen LogP contribution is -2.19. The van der Waals surface area contributed by atoms with Gasteiger partial charge >= 0.3 is 0 Å². The van der Waals surface area contributed by atoms with Crippen LogP contribution in [0, 0.1) is 0 Å². The van der Waals surface area contributed by atoms with Crippen LogP contribution in [0.5, 0.6) is 11.5 Å². The standard InChI is InChI=1S/C49H48N4O/c1-47(2,3)44-32-45(48(4,5)6)53(51-44)37-20-15-21-38(30-37)54-39-23-24-40-41-28-34(33-16-11-9-12-17-33)22-25-42(41)52(43(40)31-39)46-29-36(26-27-50-46)49(7,8)35-18-13-10-14-19-35/h9-32H,1-8H3. The fourth-order valence-electron chi connectivity index (χ4n) is 7.37. The van der Waals surface area contributed by atoms with Crippen LogP contribution in [-0.4, -0.2) is 19.3 Å². The smallest absolute Gasteiger partial charge is 0.137 e. The normalized spacial score (nSPS) is 12.4. The molecule has 0 amide bonds. The van der Waals surface area contributed by atoms with E-state index in [1.54, 1.807) is 0 Å². The molecule has 0 aliphatic rings. The van der Waals surface area contributed by atoms with Crippen LogP contribution < -0.4 is 4.74 Å². The van der Waals surface area contributed by atoms with Crippen LogP contribution >= 0.6 is 0 Å². The van der Waals surface area contributed by atoms with Gasteiger partial charge < -0.3 is 4.74 Å². The van der Waals surface area contributed by atoms with Crippen molar-refractivity contribution in [3.05, 3.63) is 168 Å². The van der Waals surface area contributed by atoms with Gasteiger partial charge in [-0.1, -0.05) is 128 Å². The number of fused-ring (bicyclic) bond motifs is 3. The molecule has 0 saturated carbocycles. The summed E-state index contributed by atoms with van der Waals surface area (Å²) in [5, 5.41) is 7.40. The summed E-state index contributed by atoms with van der Waals surface area (Å²) in [6.45, 7) is 17.9. The maximum absolute atomic E-state index is 6.69. The summed E-state index contributed by atoms with van der Waals surface area (Å²) in [5.74, 6) is 2.36. The van der Waals surface area contributed by atoms with Gasteiger partial charge in [0.15, 0.2) is 0 Å². The Bertz CT molecular complexity index is 2620. The van der Waals surface area contributed by atoms with E-state index in [0.29, 0.717) is 0 Å². The largest absolute Gasteiger partial charge is 0.457 e. The van der Waals surface area contributed by atoms with Crippen LogP contribution in [0.3, 0.4) is 0 Å². The summed E-state index contributed by atoms with van der Waals surface area (Å²) in [4.78, 5) is 4.99. The lowest BCUT2D eigenvalue weighted by molar-refractivity contribution is 0.482. The van der Waals surface area contributed by atoms with Crippen LogP contribution in [0.4, 0.5) is 0 Å². The molecule has 5 aromatic carbocycles. The van der Waals surface area contributed by atoms with Crippen LogP contribution in [0.1, 0.15) is 77.9 Å². The van der Waals surface area contributed by atoms with Crippen molar-refractivity contribution in [1.82, 2.24) is 19.3 Å². The second kappa shape index (κ2) is 13.2. The number of ether oxygens (including phenoxy) is 1. The zero-order valence-electron chi connectivity index (χ0n) is 32.6. The first kappa shape index (κ1) is 35.1. The van der Waals surface area contributed by atoms with E-state index in [9.17, 15) is 0 Å². The summed E-state index contributed by atoms with van der Waals surface area (Å²) < 4.78 is 11.0. The van der Waals surface area contributed by atoms with Crippen LogP contribution in [-0.2, 0) is 16.2 Å². The second-order valence-corrected chi connectivity index (χ2v) is 16.9. The van der Waals surface area contributed by atoms with Crippen molar-refractivity contribution in [2.24, 2.45) is 0 Å². The first-order chi connectivity index (χ1) is 25.8. The SMILES string of the molecule is CC(C)(C)c1cc(C(C)(C)C)n(-c2cccc(Oc3ccc4c5cc(-c6ccccc6)ccc5n(-c5cc(C(C)(C)c6ccccc6)ccn5)c4c3)c2)n1. The zero-order chi connectivity index (χ0) is 37.8. The van der Waals surface area contributed by atoms with E-state index < -0.39 is 0 Å². The summed E-state index contributed by atoms with van der Waals surface area (Å²) in [6, 6.07) is 49.2. The van der Waals surface area contributed by atoms with E-state index in [4.69, 9.17) is 14.8 Å². The summed E-state index contributed by atoms with van der Waals surface area (Å²) in [6.07, 6.45) is 1.93. The molecule has 0 aliphatic heterocycles. The molecule has 0 unspecified atom stereocenters. The van der Waals surface area contributed by atoms with E-state index in [2.05, 4.69) is 192 Å². The summed E-state index contributed by atoms with van der Waals surface area (Å²) in [5.41, 5.74) is 9.76. The van der Waals surface area contributed by atoms with Crippen molar-refractivity contribution in [3.63, 3.8) is 0 Å². The lowest BCUT2D eigenvalue weighted by Gasteiger charge is -2.26. The summed E-state index contributed by atoms with van der Waals surface area (Å²) in [7, 11) is 0. The molecule has 0 fully saturated rings. The minimum atomic E-state index is -0.216. The molecule has 0 saturated heterocycles. The van der Waals surface area contributed by atoms with Crippen molar-refractivity contribution in [2.45, 2.75) is 71.6 Å². The third-order valence-electron chi connectivity index (χ3n) is 10.6. The van der Waals surface area contributed by atoms with Gasteiger partial charge in [-0.15, -0.1) is 0 Å². The molecular formula is C49H48N4O. The highest BCUT2D eigenvalue weighted by molar-refractivity contribution is 6.10. The molecule has 8 rings (SSSR count). The number of hydrogen-bond donors (Lipinski definition) is 0. The van der Waals surface area contributed by atoms with Gasteiger partial charge in [0.1, 0.15) is 17.3 Å². The Morgan fingerprint density at radius 3 is 1.96 bits per heavy atom. The predicted octanol–water partition coefficient (Wildman–Crippen LogP) is 12.7. The fraction of sp³-hybridized carbons (Fsp3) is 0.224. The minimum Gasteiger partial charge on any atom is -0.457 e. The highest BCUT2D eigenvalue weighted by Gasteiger charge is 2.27. The Morgan fingerprint density at radius 2 is 1.24 bits per heavy atom. The van der Waals surface area contributed by atoms with Gasteiger partial charge in [-0.05, 0) is 76.9 Å². The third-order valence-corrected chi connectivity index (χ3v) is 10.6. The Labute approximate surface area is 318 Å². The number of rotatable bonds is 7. The van der Waals surface area contributed by atoms with Crippen LogP contribution in [0.25, 0.3) is 44.4 Å². The van der Waals surface area contributed by atoms with Gasteiger partial charge in [-0.2, -0.15) is 5.10 Å². The number of pyridine rings is 1. The molecular weight excluding hydrogens is 661 g/mol. The molecule has 3 aromatic heterocycles. The first-order valence-electron chi connectivity index (χ1n) is 18.8. The van der Waals surface area contributed by atoms with E-state index in [1.165, 1.54) is 22.3 Å². The Hall–Kier alpha value is -5.94. The van der Waals surface area contributed by atoms with Crippen LogP contribution in [0.2, 0.25) is 0 Å². The average Bonchev–Trinajstić information content (AvgIpc) is 3.77. The van der Waals surface area contributed by atoms with Gasteiger partial charge in [-0.3, -0.25) is 4.57 Å². The van der Waals surface area contributed by atoms with E-state index in [0.717, 1.165) is 56.2 Å². The molecule has 0 aliphatic carbocycles. The average molecular weight is 709 g/mol. The van der Waals surface area contributed by atoms with Crippen molar-refractivity contribution >= 4 is 21.8 Å². The Balaban J connectivity index is 1.25. The topological polar surface area (TPSA) is 44.9 Å². The van der Waals surface area contributed by atoms with E-state index >= 15 is 0 Å². The lowest BCUT2D eigenvalue weighted by atomic mass is 9.78. The van der Waals surface area contributed by atoms with Crippen molar-refractivity contribution in [1.29, 1.82) is 0 Å². The zero-order valence-corrected chi connectivity index (χ0v) is 32.6. The number of aromatic nitrogens is 4. The molecule has 0 N–H and O–H groups in total. The molecule has 0 bridgehead atoms. The highest BCUT2D eigenvalue weighted by Crippen LogP contribution is 2.39. The third kappa shape index (κ3) is 6.49. The predicted molar refractivity (Wildman–Crippen MR) is 224 cm³/mol. The van der Waals surface area contributed by atoms with E-state index in [-0.39, 0.29) is 16.2 Å². The molecule has 0 spiro atoms. The van der Waals surface area contributed by atoms with Gasteiger partial charge in [0.25, 0.3) is 0 Å². The first-order valence-corrected chi connectivity index (χ1v) is 18.8. The van der Waals surface area contributed by atoms with Gasteiger partial charge in [0.2, 0.25) is 0 Å². The van der Waals surface area contributed by atoms with Crippen molar-refractivity contribution in [3.8, 4) is 34.1 Å². The fourth-order valence-corrected chi connectivity index (χ4v) is 7.37. The molecule has 8 aromatic rings. The van der Waals surface area contributed by atoms with Gasteiger partial charge in [0.05, 0.1) is 22.4 Å². The molecule has 270 valence electrons. The molecule has 3 heterocycles. The summed E-state index contributed by atoms with van der Waals surface area (Å²) >= 11 is 0. The number of hydrogen-bond acceptors (Lipinski definition) is 3. The Morgan fingerprint density at radius 1 is 0.519 bits per heavy atom. The maximum Gasteiger partial charge on any atom is 0.137 e. The van der Waals surface area contributed by atoms with E-state index in [1.807, 2.05) is 18.3 Å². The quantitative estimate of drug-likeness (QED) is 0.166. The molecule has 0 atom stereocenters. The monoisotopic (exact) mass is 708 g/mol. The van der Waals surface area contributed by atoms with Crippen molar-refractivity contribution in [2.75, 3.05) is 0 Å². The maximum atomic E-state index is 6.69. The second-order valence-electron chi connectivity index (χ2n) is 16.9.